The Morgan fingerprint density at radius 2 is 1.89 bits per heavy atom. The summed E-state index contributed by atoms with van der Waals surface area (Å²) in [6.45, 7) is 2.28. The summed E-state index contributed by atoms with van der Waals surface area (Å²) in [6, 6.07) is 13.1. The number of nitrogens with one attached hydrogen (secondary N) is 2. The van der Waals surface area contributed by atoms with Crippen LogP contribution in [0.4, 0.5) is 0 Å². The standard InChI is InChI=1S/C21H22N2O4/c1-13-16(15-6-4-5-7-18(15)23-13)11-20(24)22-12-14-8-9-19(26-2)17(10-14)21(25)27-3/h4-10,23H,11-12H2,1-3H3,(H,22,24). The molecule has 0 aliphatic heterocycles. The van der Waals surface area contributed by atoms with Crippen LogP contribution in [0.25, 0.3) is 10.9 Å². The summed E-state index contributed by atoms with van der Waals surface area (Å²) in [5.74, 6) is -0.126. The number of fused-ring (bicyclic) bond motifs is 1. The molecule has 0 saturated heterocycles. The summed E-state index contributed by atoms with van der Waals surface area (Å²) in [6.07, 6.45) is 0.288. The molecule has 2 aromatic carbocycles. The highest BCUT2D eigenvalue weighted by molar-refractivity contribution is 5.93. The van der Waals surface area contributed by atoms with Crippen molar-refractivity contribution in [3.05, 3.63) is 64.8 Å². The van der Waals surface area contributed by atoms with Crippen LogP contribution in [0.1, 0.15) is 27.2 Å². The molecule has 1 amide bonds. The lowest BCUT2D eigenvalue weighted by atomic mass is 10.1. The maximum Gasteiger partial charge on any atom is 0.341 e. The normalized spacial score (nSPS) is 10.6. The molecule has 6 heteroatoms. The van der Waals surface area contributed by atoms with E-state index in [4.69, 9.17) is 9.47 Å². The third-order valence-electron chi connectivity index (χ3n) is 4.52. The number of ether oxygens (including phenoxy) is 2. The highest BCUT2D eigenvalue weighted by atomic mass is 16.5. The summed E-state index contributed by atoms with van der Waals surface area (Å²) in [4.78, 5) is 27.6. The number of esters is 1. The Morgan fingerprint density at radius 1 is 1.11 bits per heavy atom. The fraction of sp³-hybridized carbons (Fsp3) is 0.238. The Kier molecular flexibility index (Phi) is 5.45. The van der Waals surface area contributed by atoms with Crippen molar-refractivity contribution in [2.24, 2.45) is 0 Å². The maximum absolute atomic E-state index is 12.4. The van der Waals surface area contributed by atoms with Crippen molar-refractivity contribution in [1.82, 2.24) is 10.3 Å². The number of hydrogen-bond donors (Lipinski definition) is 2. The SMILES string of the molecule is COC(=O)c1cc(CNC(=O)Cc2c(C)[nH]c3ccccc23)ccc1OC. The van der Waals surface area contributed by atoms with Gasteiger partial charge in [-0.2, -0.15) is 0 Å². The summed E-state index contributed by atoms with van der Waals surface area (Å²) >= 11 is 0. The van der Waals surface area contributed by atoms with Crippen LogP contribution >= 0.6 is 0 Å². The number of hydrogen-bond acceptors (Lipinski definition) is 4. The fourth-order valence-corrected chi connectivity index (χ4v) is 3.12. The summed E-state index contributed by atoms with van der Waals surface area (Å²) < 4.78 is 9.96. The molecular weight excluding hydrogens is 344 g/mol. The largest absolute Gasteiger partial charge is 0.496 e. The number of aromatic amines is 1. The molecule has 0 unspecified atom stereocenters. The molecule has 0 atom stereocenters. The van der Waals surface area contributed by atoms with Gasteiger partial charge in [0.2, 0.25) is 5.91 Å². The molecule has 2 N–H and O–H groups in total. The molecule has 0 spiro atoms. The van der Waals surface area contributed by atoms with E-state index in [0.717, 1.165) is 27.7 Å². The zero-order chi connectivity index (χ0) is 19.4. The molecule has 27 heavy (non-hydrogen) atoms. The first-order valence-corrected chi connectivity index (χ1v) is 8.61. The first-order valence-electron chi connectivity index (χ1n) is 8.61. The topological polar surface area (TPSA) is 80.4 Å². The van der Waals surface area contributed by atoms with E-state index in [1.165, 1.54) is 14.2 Å². The molecule has 1 aromatic heterocycles. The van der Waals surface area contributed by atoms with Crippen LogP contribution < -0.4 is 10.1 Å². The van der Waals surface area contributed by atoms with Crippen molar-refractivity contribution in [2.45, 2.75) is 19.9 Å². The van der Waals surface area contributed by atoms with E-state index in [-0.39, 0.29) is 12.3 Å². The van der Waals surface area contributed by atoms with Crippen LogP contribution in [0, 0.1) is 6.92 Å². The minimum absolute atomic E-state index is 0.0849. The second kappa shape index (κ2) is 7.95. The van der Waals surface area contributed by atoms with Crippen LogP contribution in [0.3, 0.4) is 0 Å². The Hall–Kier alpha value is -3.28. The summed E-state index contributed by atoms with van der Waals surface area (Å²) in [5.41, 5.74) is 4.13. The molecule has 3 aromatic rings. The van der Waals surface area contributed by atoms with Crippen LogP contribution in [-0.2, 0) is 22.5 Å². The predicted molar refractivity (Wildman–Crippen MR) is 103 cm³/mol. The van der Waals surface area contributed by atoms with E-state index in [2.05, 4.69) is 10.3 Å². The molecule has 0 aliphatic rings. The lowest BCUT2D eigenvalue weighted by molar-refractivity contribution is -0.120. The molecule has 3 rings (SSSR count). The lowest BCUT2D eigenvalue weighted by Crippen LogP contribution is -2.25. The molecule has 0 fully saturated rings. The zero-order valence-electron chi connectivity index (χ0n) is 15.6. The van der Waals surface area contributed by atoms with E-state index in [1.54, 1.807) is 12.1 Å². The van der Waals surface area contributed by atoms with Gasteiger partial charge in [-0.15, -0.1) is 0 Å². The molecule has 140 valence electrons. The monoisotopic (exact) mass is 366 g/mol. The fourth-order valence-electron chi connectivity index (χ4n) is 3.12. The highest BCUT2D eigenvalue weighted by Crippen LogP contribution is 2.23. The number of aryl methyl sites for hydroxylation is 1. The van der Waals surface area contributed by atoms with Crippen LogP contribution in [0.15, 0.2) is 42.5 Å². The van der Waals surface area contributed by atoms with Crippen molar-refractivity contribution < 1.29 is 19.1 Å². The smallest absolute Gasteiger partial charge is 0.341 e. The van der Waals surface area contributed by atoms with Crippen molar-refractivity contribution in [3.8, 4) is 5.75 Å². The third-order valence-corrected chi connectivity index (χ3v) is 4.52. The van der Waals surface area contributed by atoms with Gasteiger partial charge in [0.15, 0.2) is 0 Å². The number of methoxy groups -OCH3 is 2. The Labute approximate surface area is 157 Å². The number of amides is 1. The van der Waals surface area contributed by atoms with Crippen LogP contribution in [0.5, 0.6) is 5.75 Å². The third kappa shape index (κ3) is 3.95. The molecule has 0 bridgehead atoms. The molecule has 6 nitrogen and oxygen atoms in total. The Balaban J connectivity index is 1.70. The van der Waals surface area contributed by atoms with Gasteiger partial charge in [0, 0.05) is 23.1 Å². The molecular formula is C21H22N2O4. The van der Waals surface area contributed by atoms with Crippen molar-refractivity contribution in [3.63, 3.8) is 0 Å². The van der Waals surface area contributed by atoms with Crippen LogP contribution in [0.2, 0.25) is 0 Å². The summed E-state index contributed by atoms with van der Waals surface area (Å²) in [7, 11) is 2.81. The van der Waals surface area contributed by atoms with E-state index in [1.807, 2.05) is 37.3 Å². The lowest BCUT2D eigenvalue weighted by Gasteiger charge is -2.10. The predicted octanol–water partition coefficient (Wildman–Crippen LogP) is 3.13. The van der Waals surface area contributed by atoms with Gasteiger partial charge in [-0.1, -0.05) is 24.3 Å². The average molecular weight is 366 g/mol. The van der Waals surface area contributed by atoms with Gasteiger partial charge < -0.3 is 19.8 Å². The van der Waals surface area contributed by atoms with Crippen molar-refractivity contribution in [1.29, 1.82) is 0 Å². The van der Waals surface area contributed by atoms with Gasteiger partial charge in [0.1, 0.15) is 11.3 Å². The second-order valence-corrected chi connectivity index (χ2v) is 6.25. The van der Waals surface area contributed by atoms with Crippen LogP contribution in [-0.4, -0.2) is 31.1 Å². The number of para-hydroxylation sites is 1. The zero-order valence-corrected chi connectivity index (χ0v) is 15.6. The van der Waals surface area contributed by atoms with E-state index in [9.17, 15) is 9.59 Å². The quantitative estimate of drug-likeness (QED) is 0.657. The maximum atomic E-state index is 12.4. The minimum atomic E-state index is -0.477. The number of rotatable bonds is 6. The van der Waals surface area contributed by atoms with Gasteiger partial charge in [-0.05, 0) is 36.2 Å². The number of carbonyl (C=O) groups is 2. The van der Waals surface area contributed by atoms with Gasteiger partial charge in [0.05, 0.1) is 20.6 Å². The van der Waals surface area contributed by atoms with E-state index < -0.39 is 5.97 Å². The molecule has 0 aliphatic carbocycles. The number of benzene rings is 2. The molecule has 1 heterocycles. The first-order chi connectivity index (χ1) is 13.0. The van der Waals surface area contributed by atoms with E-state index in [0.29, 0.717) is 17.9 Å². The van der Waals surface area contributed by atoms with Gasteiger partial charge in [-0.25, -0.2) is 4.79 Å². The second-order valence-electron chi connectivity index (χ2n) is 6.25. The number of H-pyrrole nitrogens is 1. The van der Waals surface area contributed by atoms with Gasteiger partial charge >= 0.3 is 5.97 Å². The minimum Gasteiger partial charge on any atom is -0.496 e. The van der Waals surface area contributed by atoms with Gasteiger partial charge in [0.25, 0.3) is 0 Å². The average Bonchev–Trinajstić information content (AvgIpc) is 3.00. The first kappa shape index (κ1) is 18.5. The Bertz CT molecular complexity index is 991. The molecule has 0 radical (unpaired) electrons. The summed E-state index contributed by atoms with van der Waals surface area (Å²) in [5, 5.41) is 3.96. The highest BCUT2D eigenvalue weighted by Gasteiger charge is 2.15. The number of aromatic nitrogens is 1. The van der Waals surface area contributed by atoms with Gasteiger partial charge in [-0.3, -0.25) is 4.79 Å². The van der Waals surface area contributed by atoms with E-state index >= 15 is 0 Å². The molecule has 0 saturated carbocycles. The van der Waals surface area contributed by atoms with Crippen molar-refractivity contribution in [2.75, 3.05) is 14.2 Å². The number of carbonyl (C=O) groups excluding carboxylic acids is 2. The Morgan fingerprint density at radius 3 is 2.63 bits per heavy atom. The van der Waals surface area contributed by atoms with Crippen molar-refractivity contribution >= 4 is 22.8 Å².